The fraction of sp³-hybridized carbons (Fsp3) is 0.562. The molecule has 1 fully saturated rings. The topological polar surface area (TPSA) is 46.3 Å². The van der Waals surface area contributed by atoms with E-state index >= 15 is 0 Å². The van der Waals surface area contributed by atoms with Crippen molar-refractivity contribution in [3.63, 3.8) is 0 Å². The van der Waals surface area contributed by atoms with E-state index in [1.807, 2.05) is 30.1 Å². The Bertz CT molecular complexity index is 481. The molecule has 0 bridgehead atoms. The molecule has 0 aliphatic heterocycles. The highest BCUT2D eigenvalue weighted by Gasteiger charge is 2.37. The van der Waals surface area contributed by atoms with Gasteiger partial charge < -0.3 is 10.6 Å². The Balaban J connectivity index is 2.14. The standard InChI is InChI=1S/C16H23ClN2O/c1-12(20)19(2)15-6-8-16(11-18,9-7-15)13-4-3-5-14(17)10-13/h3-5,10,15H,6-9,11,18H2,1-2H3. The first-order valence-corrected chi connectivity index (χ1v) is 7.56. The molecule has 0 spiro atoms. The van der Waals surface area contributed by atoms with E-state index in [2.05, 4.69) is 6.07 Å². The molecule has 1 saturated carbocycles. The number of nitrogens with two attached hydrogens (primary N) is 1. The van der Waals surface area contributed by atoms with Gasteiger partial charge in [0.05, 0.1) is 0 Å². The predicted octanol–water partition coefficient (Wildman–Crippen LogP) is 2.96. The lowest BCUT2D eigenvalue weighted by Gasteiger charge is -2.42. The van der Waals surface area contributed by atoms with Gasteiger partial charge in [-0.1, -0.05) is 23.7 Å². The molecule has 2 N–H and O–H groups in total. The van der Waals surface area contributed by atoms with Crippen LogP contribution in [0.15, 0.2) is 24.3 Å². The third-order valence-electron chi connectivity index (χ3n) is 4.78. The summed E-state index contributed by atoms with van der Waals surface area (Å²) in [5.41, 5.74) is 7.32. The third kappa shape index (κ3) is 2.99. The molecule has 0 aromatic heterocycles. The molecule has 1 aromatic carbocycles. The largest absolute Gasteiger partial charge is 0.343 e. The van der Waals surface area contributed by atoms with Crippen LogP contribution < -0.4 is 5.73 Å². The number of hydrogen-bond acceptors (Lipinski definition) is 2. The van der Waals surface area contributed by atoms with Crippen molar-refractivity contribution >= 4 is 17.5 Å². The molecule has 0 radical (unpaired) electrons. The van der Waals surface area contributed by atoms with Crippen LogP contribution in [0, 0.1) is 0 Å². The molecule has 1 amide bonds. The number of amides is 1. The number of carbonyl (C=O) groups is 1. The molecule has 0 atom stereocenters. The first kappa shape index (κ1) is 15.3. The molecule has 0 heterocycles. The minimum Gasteiger partial charge on any atom is -0.343 e. The predicted molar refractivity (Wildman–Crippen MR) is 82.9 cm³/mol. The number of benzene rings is 1. The number of halogens is 1. The van der Waals surface area contributed by atoms with Gasteiger partial charge in [-0.15, -0.1) is 0 Å². The molecule has 0 unspecified atom stereocenters. The summed E-state index contributed by atoms with van der Waals surface area (Å²) in [5.74, 6) is 0.137. The van der Waals surface area contributed by atoms with Crippen molar-refractivity contribution in [3.8, 4) is 0 Å². The Kier molecular flexibility index (Phi) is 4.71. The van der Waals surface area contributed by atoms with Gasteiger partial charge in [-0.25, -0.2) is 0 Å². The van der Waals surface area contributed by atoms with Crippen LogP contribution in [0.5, 0.6) is 0 Å². The van der Waals surface area contributed by atoms with E-state index in [-0.39, 0.29) is 11.3 Å². The summed E-state index contributed by atoms with van der Waals surface area (Å²) in [6, 6.07) is 8.37. The zero-order valence-corrected chi connectivity index (χ0v) is 13.0. The van der Waals surface area contributed by atoms with E-state index in [1.54, 1.807) is 6.92 Å². The van der Waals surface area contributed by atoms with E-state index < -0.39 is 0 Å². The average Bonchev–Trinajstić information content (AvgIpc) is 2.46. The fourth-order valence-corrected chi connectivity index (χ4v) is 3.42. The Labute approximate surface area is 126 Å². The minimum absolute atomic E-state index is 0.0129. The van der Waals surface area contributed by atoms with E-state index in [4.69, 9.17) is 17.3 Å². The highest BCUT2D eigenvalue weighted by molar-refractivity contribution is 6.30. The smallest absolute Gasteiger partial charge is 0.219 e. The monoisotopic (exact) mass is 294 g/mol. The van der Waals surface area contributed by atoms with Gasteiger partial charge in [0.2, 0.25) is 5.91 Å². The molecule has 2 rings (SSSR count). The van der Waals surface area contributed by atoms with Crippen molar-refractivity contribution < 1.29 is 4.79 Å². The van der Waals surface area contributed by atoms with Crippen LogP contribution >= 0.6 is 11.6 Å². The van der Waals surface area contributed by atoms with Gasteiger partial charge in [-0.3, -0.25) is 4.79 Å². The number of carbonyl (C=O) groups excluding carboxylic acids is 1. The molecule has 3 nitrogen and oxygen atoms in total. The van der Waals surface area contributed by atoms with Crippen molar-refractivity contribution in [1.82, 2.24) is 4.90 Å². The summed E-state index contributed by atoms with van der Waals surface area (Å²) >= 11 is 6.11. The highest BCUT2D eigenvalue weighted by atomic mass is 35.5. The maximum atomic E-state index is 11.5. The second-order valence-electron chi connectivity index (χ2n) is 5.86. The second-order valence-corrected chi connectivity index (χ2v) is 6.29. The van der Waals surface area contributed by atoms with Crippen LogP contribution in [0.1, 0.15) is 38.2 Å². The van der Waals surface area contributed by atoms with Crippen LogP contribution in [-0.2, 0) is 10.2 Å². The van der Waals surface area contributed by atoms with Crippen LogP contribution in [-0.4, -0.2) is 30.4 Å². The molecule has 0 saturated heterocycles. The number of nitrogens with zero attached hydrogens (tertiary/aromatic N) is 1. The normalized spacial score (nSPS) is 26.3. The van der Waals surface area contributed by atoms with Gasteiger partial charge >= 0.3 is 0 Å². The van der Waals surface area contributed by atoms with E-state index in [1.165, 1.54) is 5.56 Å². The SMILES string of the molecule is CC(=O)N(C)C1CCC(CN)(c2cccc(Cl)c2)CC1. The van der Waals surface area contributed by atoms with Gasteiger partial charge in [0, 0.05) is 37.0 Å². The zero-order valence-electron chi connectivity index (χ0n) is 12.2. The van der Waals surface area contributed by atoms with E-state index in [0.717, 1.165) is 30.7 Å². The molecule has 110 valence electrons. The van der Waals surface area contributed by atoms with Crippen molar-refractivity contribution in [3.05, 3.63) is 34.9 Å². The molecule has 1 aromatic rings. The lowest BCUT2D eigenvalue weighted by Crippen LogP contribution is -2.45. The zero-order chi connectivity index (χ0) is 14.8. The minimum atomic E-state index is 0.0129. The first-order chi connectivity index (χ1) is 9.48. The summed E-state index contributed by atoms with van der Waals surface area (Å²) in [6.07, 6.45) is 4.01. The Hall–Kier alpha value is -1.06. The third-order valence-corrected chi connectivity index (χ3v) is 5.02. The summed E-state index contributed by atoms with van der Waals surface area (Å²) in [4.78, 5) is 13.3. The Morgan fingerprint density at radius 1 is 1.45 bits per heavy atom. The summed E-state index contributed by atoms with van der Waals surface area (Å²) in [7, 11) is 1.89. The van der Waals surface area contributed by atoms with Crippen molar-refractivity contribution in [1.29, 1.82) is 0 Å². The molecule has 4 heteroatoms. The van der Waals surface area contributed by atoms with Gasteiger partial charge in [-0.2, -0.15) is 0 Å². The van der Waals surface area contributed by atoms with Crippen molar-refractivity contribution in [2.45, 2.75) is 44.1 Å². The maximum Gasteiger partial charge on any atom is 0.219 e. The Morgan fingerprint density at radius 3 is 2.60 bits per heavy atom. The number of rotatable bonds is 3. The summed E-state index contributed by atoms with van der Waals surface area (Å²) < 4.78 is 0. The van der Waals surface area contributed by atoms with Crippen LogP contribution in [0.25, 0.3) is 0 Å². The van der Waals surface area contributed by atoms with Crippen LogP contribution in [0.4, 0.5) is 0 Å². The lowest BCUT2D eigenvalue weighted by molar-refractivity contribution is -0.130. The van der Waals surface area contributed by atoms with Gasteiger partial charge in [0.25, 0.3) is 0 Å². The summed E-state index contributed by atoms with van der Waals surface area (Å²) in [6.45, 7) is 2.26. The highest BCUT2D eigenvalue weighted by Crippen LogP contribution is 2.40. The summed E-state index contributed by atoms with van der Waals surface area (Å²) in [5, 5.41) is 0.762. The van der Waals surface area contributed by atoms with Gasteiger partial charge in [0.1, 0.15) is 0 Å². The van der Waals surface area contributed by atoms with Crippen LogP contribution in [0.3, 0.4) is 0 Å². The van der Waals surface area contributed by atoms with Crippen molar-refractivity contribution in [2.24, 2.45) is 5.73 Å². The number of hydrogen-bond donors (Lipinski definition) is 1. The van der Waals surface area contributed by atoms with E-state index in [0.29, 0.717) is 12.6 Å². The molecule has 20 heavy (non-hydrogen) atoms. The lowest BCUT2D eigenvalue weighted by atomic mass is 9.68. The second kappa shape index (κ2) is 6.15. The maximum absolute atomic E-state index is 11.5. The van der Waals surface area contributed by atoms with Crippen molar-refractivity contribution in [2.75, 3.05) is 13.6 Å². The molecule has 1 aliphatic carbocycles. The molecule has 1 aliphatic rings. The molecular weight excluding hydrogens is 272 g/mol. The average molecular weight is 295 g/mol. The fourth-order valence-electron chi connectivity index (χ4n) is 3.23. The first-order valence-electron chi connectivity index (χ1n) is 7.18. The van der Waals surface area contributed by atoms with Gasteiger partial charge in [0.15, 0.2) is 0 Å². The molecular formula is C16H23ClN2O. The van der Waals surface area contributed by atoms with Crippen LogP contribution in [0.2, 0.25) is 5.02 Å². The Morgan fingerprint density at radius 2 is 2.10 bits per heavy atom. The van der Waals surface area contributed by atoms with E-state index in [9.17, 15) is 4.79 Å². The van der Waals surface area contributed by atoms with Gasteiger partial charge in [-0.05, 0) is 43.4 Å². The quantitative estimate of drug-likeness (QED) is 0.931.